The van der Waals surface area contributed by atoms with Crippen LogP contribution in [-0.4, -0.2) is 17.3 Å². The van der Waals surface area contributed by atoms with Gasteiger partial charge < -0.3 is 9.26 Å². The highest BCUT2D eigenvalue weighted by Crippen LogP contribution is 2.29. The molecule has 1 aromatic heterocycles. The first-order valence-electron chi connectivity index (χ1n) is 6.67. The third kappa shape index (κ3) is 3.02. The van der Waals surface area contributed by atoms with E-state index in [1.54, 1.807) is 13.2 Å². The van der Waals surface area contributed by atoms with E-state index in [0.29, 0.717) is 16.6 Å². The zero-order valence-electron chi connectivity index (χ0n) is 11.9. The normalized spacial score (nSPS) is 11.5. The van der Waals surface area contributed by atoms with E-state index in [4.69, 9.17) is 20.9 Å². The van der Waals surface area contributed by atoms with E-state index in [0.717, 1.165) is 11.1 Å². The Balaban J connectivity index is 1.92. The first-order chi connectivity index (χ1) is 10.8. The number of aromatic nitrogens is 2. The number of rotatable bonds is 4. The van der Waals surface area contributed by atoms with Crippen LogP contribution in [0.25, 0.3) is 22.5 Å². The molecule has 0 radical (unpaired) electrons. The molecule has 0 aliphatic rings. The van der Waals surface area contributed by atoms with E-state index in [1.165, 1.54) is 0 Å². The lowest BCUT2D eigenvalue weighted by Crippen LogP contribution is -1.88. The fraction of sp³-hybridized carbons (Fsp3) is 0.0588. The monoisotopic (exact) mass is 312 g/mol. The Hall–Kier alpha value is -2.59. The van der Waals surface area contributed by atoms with E-state index in [1.807, 2.05) is 54.6 Å². The Kier molecular flexibility index (Phi) is 4.21. The Labute approximate surface area is 133 Å². The standard InChI is InChI=1S/C17H13ClN2O2/c1-21-15-10-6-5-9-13(15)16-19-17(22-20-16)14(18)11-12-7-3-2-4-8-12/h2-11H,1H3/b14-11-. The van der Waals surface area contributed by atoms with Crippen LogP contribution in [0.1, 0.15) is 11.5 Å². The molecule has 22 heavy (non-hydrogen) atoms. The molecule has 0 spiro atoms. The van der Waals surface area contributed by atoms with Gasteiger partial charge in [0.15, 0.2) is 0 Å². The van der Waals surface area contributed by atoms with Crippen molar-refractivity contribution in [3.8, 4) is 17.1 Å². The van der Waals surface area contributed by atoms with Gasteiger partial charge in [-0.2, -0.15) is 4.98 Å². The number of ether oxygens (including phenoxy) is 1. The highest BCUT2D eigenvalue weighted by Gasteiger charge is 2.14. The molecule has 0 atom stereocenters. The minimum absolute atomic E-state index is 0.270. The fourth-order valence-electron chi connectivity index (χ4n) is 2.02. The number of para-hydroxylation sites is 1. The number of methoxy groups -OCH3 is 1. The van der Waals surface area contributed by atoms with Crippen molar-refractivity contribution < 1.29 is 9.26 Å². The second kappa shape index (κ2) is 6.45. The molecule has 0 saturated carbocycles. The summed E-state index contributed by atoms with van der Waals surface area (Å²) in [5, 5.41) is 4.36. The number of nitrogens with zero attached hydrogens (tertiary/aromatic N) is 2. The van der Waals surface area contributed by atoms with E-state index < -0.39 is 0 Å². The van der Waals surface area contributed by atoms with Crippen LogP contribution in [0.4, 0.5) is 0 Å². The molecule has 0 amide bonds. The molecule has 0 bridgehead atoms. The van der Waals surface area contributed by atoms with Crippen molar-refractivity contribution in [2.24, 2.45) is 0 Å². The summed E-state index contributed by atoms with van der Waals surface area (Å²) >= 11 is 6.25. The van der Waals surface area contributed by atoms with Crippen LogP contribution in [0.2, 0.25) is 0 Å². The topological polar surface area (TPSA) is 48.2 Å². The fourth-order valence-corrected chi connectivity index (χ4v) is 2.22. The molecule has 0 saturated heterocycles. The Morgan fingerprint density at radius 1 is 1.09 bits per heavy atom. The molecule has 4 nitrogen and oxygen atoms in total. The summed E-state index contributed by atoms with van der Waals surface area (Å²) in [7, 11) is 1.60. The van der Waals surface area contributed by atoms with Crippen molar-refractivity contribution in [3.63, 3.8) is 0 Å². The summed E-state index contributed by atoms with van der Waals surface area (Å²) in [5.41, 5.74) is 1.72. The van der Waals surface area contributed by atoms with Gasteiger partial charge in [-0.1, -0.05) is 59.2 Å². The molecule has 3 aromatic rings. The maximum Gasteiger partial charge on any atom is 0.269 e. The van der Waals surface area contributed by atoms with Crippen molar-refractivity contribution in [1.29, 1.82) is 0 Å². The molecule has 0 unspecified atom stereocenters. The SMILES string of the molecule is COc1ccccc1-c1noc(/C(Cl)=C/c2ccccc2)n1. The van der Waals surface area contributed by atoms with Crippen molar-refractivity contribution in [2.45, 2.75) is 0 Å². The third-order valence-corrected chi connectivity index (χ3v) is 3.34. The van der Waals surface area contributed by atoms with Gasteiger partial charge in [-0.3, -0.25) is 0 Å². The lowest BCUT2D eigenvalue weighted by molar-refractivity contribution is 0.406. The van der Waals surface area contributed by atoms with Gasteiger partial charge in [0, 0.05) is 0 Å². The lowest BCUT2D eigenvalue weighted by atomic mass is 10.2. The van der Waals surface area contributed by atoms with Crippen molar-refractivity contribution in [2.75, 3.05) is 7.11 Å². The Morgan fingerprint density at radius 3 is 2.59 bits per heavy atom. The summed E-state index contributed by atoms with van der Waals surface area (Å²) in [6.07, 6.45) is 1.78. The maximum atomic E-state index is 6.25. The second-order valence-corrected chi connectivity index (χ2v) is 4.93. The average Bonchev–Trinajstić information content (AvgIpc) is 3.05. The average molecular weight is 313 g/mol. The van der Waals surface area contributed by atoms with Crippen LogP contribution in [0.5, 0.6) is 5.75 Å². The molecule has 0 fully saturated rings. The molecular weight excluding hydrogens is 300 g/mol. The van der Waals surface area contributed by atoms with Crippen molar-refractivity contribution >= 4 is 22.7 Å². The minimum Gasteiger partial charge on any atom is -0.496 e. The summed E-state index contributed by atoms with van der Waals surface area (Å²) < 4.78 is 10.5. The smallest absolute Gasteiger partial charge is 0.269 e. The van der Waals surface area contributed by atoms with Crippen LogP contribution in [0.3, 0.4) is 0 Å². The van der Waals surface area contributed by atoms with E-state index in [9.17, 15) is 0 Å². The van der Waals surface area contributed by atoms with E-state index in [2.05, 4.69) is 10.1 Å². The van der Waals surface area contributed by atoms with Crippen molar-refractivity contribution in [3.05, 3.63) is 66.1 Å². The van der Waals surface area contributed by atoms with Gasteiger partial charge >= 0.3 is 0 Å². The number of hydrogen-bond acceptors (Lipinski definition) is 4. The summed E-state index contributed by atoms with van der Waals surface area (Å²) in [6, 6.07) is 17.2. The Morgan fingerprint density at radius 2 is 1.82 bits per heavy atom. The predicted octanol–water partition coefficient (Wildman–Crippen LogP) is 4.48. The van der Waals surface area contributed by atoms with Crippen LogP contribution >= 0.6 is 11.6 Å². The number of halogens is 1. The summed E-state index contributed by atoms with van der Waals surface area (Å²) in [4.78, 5) is 4.33. The van der Waals surface area contributed by atoms with Crippen LogP contribution in [0.15, 0.2) is 59.1 Å². The number of hydrogen-bond donors (Lipinski definition) is 0. The van der Waals surface area contributed by atoms with Gasteiger partial charge in [0.2, 0.25) is 5.82 Å². The Bertz CT molecular complexity index is 797. The molecule has 3 rings (SSSR count). The van der Waals surface area contributed by atoms with E-state index >= 15 is 0 Å². The molecule has 0 aliphatic carbocycles. The summed E-state index contributed by atoms with van der Waals surface area (Å²) in [6.45, 7) is 0. The summed E-state index contributed by atoms with van der Waals surface area (Å²) in [5.74, 6) is 1.39. The molecular formula is C17H13ClN2O2. The molecule has 0 aliphatic heterocycles. The van der Waals surface area contributed by atoms with Crippen LogP contribution < -0.4 is 4.74 Å². The molecule has 1 heterocycles. The van der Waals surface area contributed by atoms with Crippen LogP contribution in [0, 0.1) is 0 Å². The van der Waals surface area contributed by atoms with Gasteiger partial charge in [0.1, 0.15) is 10.8 Å². The predicted molar refractivity (Wildman–Crippen MR) is 86.5 cm³/mol. The largest absolute Gasteiger partial charge is 0.496 e. The molecule has 5 heteroatoms. The van der Waals surface area contributed by atoms with Gasteiger partial charge in [0.05, 0.1) is 12.7 Å². The maximum absolute atomic E-state index is 6.25. The first kappa shape index (κ1) is 14.4. The molecule has 110 valence electrons. The second-order valence-electron chi connectivity index (χ2n) is 4.53. The third-order valence-electron chi connectivity index (χ3n) is 3.07. The zero-order valence-corrected chi connectivity index (χ0v) is 12.6. The molecule has 2 aromatic carbocycles. The van der Waals surface area contributed by atoms with Gasteiger partial charge in [-0.15, -0.1) is 0 Å². The highest BCUT2D eigenvalue weighted by atomic mass is 35.5. The van der Waals surface area contributed by atoms with Gasteiger partial charge in [0.25, 0.3) is 5.89 Å². The van der Waals surface area contributed by atoms with Gasteiger partial charge in [-0.05, 0) is 23.8 Å². The zero-order chi connectivity index (χ0) is 15.4. The van der Waals surface area contributed by atoms with E-state index in [-0.39, 0.29) is 5.89 Å². The first-order valence-corrected chi connectivity index (χ1v) is 7.05. The number of benzene rings is 2. The minimum atomic E-state index is 0.270. The molecule has 0 N–H and O–H groups in total. The quantitative estimate of drug-likeness (QED) is 0.712. The lowest BCUT2D eigenvalue weighted by Gasteiger charge is -2.02. The van der Waals surface area contributed by atoms with Crippen LogP contribution in [-0.2, 0) is 0 Å². The highest BCUT2D eigenvalue weighted by molar-refractivity contribution is 6.50. The van der Waals surface area contributed by atoms with Gasteiger partial charge in [-0.25, -0.2) is 0 Å². The van der Waals surface area contributed by atoms with Crippen molar-refractivity contribution in [1.82, 2.24) is 10.1 Å².